The van der Waals surface area contributed by atoms with E-state index in [-0.39, 0.29) is 0 Å². The predicted octanol–water partition coefficient (Wildman–Crippen LogP) is 1.20. The number of likely N-dealkylation sites (N-methyl/N-ethyl adjacent to an activating group) is 2. The van der Waals surface area contributed by atoms with Crippen LogP contribution < -0.4 is 10.1 Å². The molecule has 1 saturated heterocycles. The van der Waals surface area contributed by atoms with Gasteiger partial charge in [0.1, 0.15) is 5.75 Å². The first-order chi connectivity index (χ1) is 9.22. The molecular formula is C15H25N3O. The van der Waals surface area contributed by atoms with Crippen LogP contribution in [0.1, 0.15) is 11.6 Å². The Morgan fingerprint density at radius 1 is 1.16 bits per heavy atom. The van der Waals surface area contributed by atoms with Crippen LogP contribution >= 0.6 is 0 Å². The molecule has 0 aliphatic carbocycles. The summed E-state index contributed by atoms with van der Waals surface area (Å²) in [7, 11) is 5.93. The summed E-state index contributed by atoms with van der Waals surface area (Å²) >= 11 is 0. The number of nitrogens with zero attached hydrogens (tertiary/aromatic N) is 2. The van der Waals surface area contributed by atoms with Crippen LogP contribution in [-0.2, 0) is 0 Å². The molecule has 2 rings (SSSR count). The van der Waals surface area contributed by atoms with Gasteiger partial charge in [-0.3, -0.25) is 4.90 Å². The van der Waals surface area contributed by atoms with Crippen molar-refractivity contribution >= 4 is 0 Å². The highest BCUT2D eigenvalue weighted by atomic mass is 16.5. The van der Waals surface area contributed by atoms with E-state index in [0.717, 1.165) is 25.4 Å². The van der Waals surface area contributed by atoms with Gasteiger partial charge in [-0.1, -0.05) is 12.1 Å². The lowest BCUT2D eigenvalue weighted by Crippen LogP contribution is -2.47. The molecule has 1 aromatic carbocycles. The quantitative estimate of drug-likeness (QED) is 0.864. The highest BCUT2D eigenvalue weighted by molar-refractivity contribution is 5.29. The Balaban J connectivity index is 1.95. The van der Waals surface area contributed by atoms with Crippen molar-refractivity contribution in [1.82, 2.24) is 15.1 Å². The molecule has 1 atom stereocenters. The minimum atomic E-state index is 0.384. The van der Waals surface area contributed by atoms with Crippen molar-refractivity contribution in [3.05, 3.63) is 29.8 Å². The van der Waals surface area contributed by atoms with Crippen LogP contribution in [0, 0.1) is 0 Å². The number of rotatable bonds is 5. The van der Waals surface area contributed by atoms with E-state index in [1.54, 1.807) is 7.11 Å². The van der Waals surface area contributed by atoms with Gasteiger partial charge >= 0.3 is 0 Å². The number of benzene rings is 1. The van der Waals surface area contributed by atoms with E-state index >= 15 is 0 Å². The molecule has 1 aliphatic rings. The lowest BCUT2D eigenvalue weighted by Gasteiger charge is -2.34. The maximum absolute atomic E-state index is 5.21. The Kier molecular flexibility index (Phi) is 5.19. The second-order valence-corrected chi connectivity index (χ2v) is 5.22. The predicted molar refractivity (Wildman–Crippen MR) is 78.7 cm³/mol. The fraction of sp³-hybridized carbons (Fsp3) is 0.600. The topological polar surface area (TPSA) is 27.7 Å². The number of piperazine rings is 1. The summed E-state index contributed by atoms with van der Waals surface area (Å²) in [6.45, 7) is 5.71. The number of hydrogen-bond donors (Lipinski definition) is 1. The minimum Gasteiger partial charge on any atom is -0.497 e. The molecule has 1 aromatic rings. The number of nitrogens with one attached hydrogen (secondary N) is 1. The average molecular weight is 263 g/mol. The van der Waals surface area contributed by atoms with Crippen molar-refractivity contribution < 1.29 is 4.74 Å². The molecule has 0 amide bonds. The second-order valence-electron chi connectivity index (χ2n) is 5.22. The van der Waals surface area contributed by atoms with E-state index in [9.17, 15) is 0 Å². The van der Waals surface area contributed by atoms with Crippen LogP contribution in [-0.4, -0.2) is 63.7 Å². The standard InChI is InChI=1S/C15H25N3O/c1-16-15(12-18-10-8-17(2)9-11-18)13-4-6-14(19-3)7-5-13/h4-7,15-16H,8-12H2,1-3H3. The van der Waals surface area contributed by atoms with Gasteiger partial charge < -0.3 is 15.0 Å². The molecule has 4 heteroatoms. The van der Waals surface area contributed by atoms with Crippen molar-refractivity contribution in [2.45, 2.75) is 6.04 Å². The Morgan fingerprint density at radius 2 is 1.79 bits per heavy atom. The first kappa shape index (κ1) is 14.3. The summed E-state index contributed by atoms with van der Waals surface area (Å²) in [5.74, 6) is 0.915. The van der Waals surface area contributed by atoms with Crippen LogP contribution in [0.4, 0.5) is 0 Å². The number of hydrogen-bond acceptors (Lipinski definition) is 4. The summed E-state index contributed by atoms with van der Waals surface area (Å²) in [5, 5.41) is 3.42. The fourth-order valence-corrected chi connectivity index (χ4v) is 2.49. The summed E-state index contributed by atoms with van der Waals surface area (Å²) in [5.41, 5.74) is 1.32. The number of ether oxygens (including phenoxy) is 1. The molecular weight excluding hydrogens is 238 g/mol. The lowest BCUT2D eigenvalue weighted by atomic mass is 10.1. The highest BCUT2D eigenvalue weighted by Crippen LogP contribution is 2.18. The number of methoxy groups -OCH3 is 1. The first-order valence-corrected chi connectivity index (χ1v) is 6.95. The maximum Gasteiger partial charge on any atom is 0.118 e. The molecule has 1 heterocycles. The molecule has 19 heavy (non-hydrogen) atoms. The van der Waals surface area contributed by atoms with Gasteiger partial charge in [0.05, 0.1) is 7.11 Å². The summed E-state index contributed by atoms with van der Waals surface area (Å²) in [6, 6.07) is 8.74. The smallest absolute Gasteiger partial charge is 0.118 e. The molecule has 0 aromatic heterocycles. The average Bonchev–Trinajstić information content (AvgIpc) is 2.47. The van der Waals surface area contributed by atoms with Gasteiger partial charge in [0, 0.05) is 38.8 Å². The zero-order chi connectivity index (χ0) is 13.7. The second kappa shape index (κ2) is 6.89. The summed E-state index contributed by atoms with van der Waals surface area (Å²) in [4.78, 5) is 4.92. The van der Waals surface area contributed by atoms with Crippen LogP contribution in [0.15, 0.2) is 24.3 Å². The van der Waals surface area contributed by atoms with Gasteiger partial charge in [-0.05, 0) is 31.8 Å². The SMILES string of the molecule is CNC(CN1CCN(C)CC1)c1ccc(OC)cc1. The van der Waals surface area contributed by atoms with Crippen molar-refractivity contribution in [1.29, 1.82) is 0 Å². The molecule has 0 radical (unpaired) electrons. The van der Waals surface area contributed by atoms with Crippen molar-refractivity contribution in [2.75, 3.05) is 53.9 Å². The van der Waals surface area contributed by atoms with Crippen molar-refractivity contribution in [2.24, 2.45) is 0 Å². The molecule has 4 nitrogen and oxygen atoms in total. The van der Waals surface area contributed by atoms with E-state index in [4.69, 9.17) is 4.74 Å². The highest BCUT2D eigenvalue weighted by Gasteiger charge is 2.18. The molecule has 1 N–H and O–H groups in total. The zero-order valence-corrected chi connectivity index (χ0v) is 12.2. The van der Waals surface area contributed by atoms with Crippen LogP contribution in [0.2, 0.25) is 0 Å². The molecule has 0 spiro atoms. The Morgan fingerprint density at radius 3 is 2.32 bits per heavy atom. The monoisotopic (exact) mass is 263 g/mol. The van der Waals surface area contributed by atoms with E-state index in [1.165, 1.54) is 18.7 Å². The van der Waals surface area contributed by atoms with Crippen LogP contribution in [0.5, 0.6) is 5.75 Å². The third kappa shape index (κ3) is 3.93. The molecule has 1 fully saturated rings. The largest absolute Gasteiger partial charge is 0.497 e. The summed E-state index contributed by atoms with van der Waals surface area (Å²) < 4.78 is 5.21. The Bertz CT molecular complexity index is 371. The van der Waals surface area contributed by atoms with Gasteiger partial charge in [0.25, 0.3) is 0 Å². The van der Waals surface area contributed by atoms with Gasteiger partial charge in [-0.25, -0.2) is 0 Å². The normalized spacial score (nSPS) is 19.3. The van der Waals surface area contributed by atoms with E-state index in [2.05, 4.69) is 34.3 Å². The fourth-order valence-electron chi connectivity index (χ4n) is 2.49. The van der Waals surface area contributed by atoms with Gasteiger partial charge in [0.15, 0.2) is 0 Å². The Labute approximate surface area is 116 Å². The molecule has 106 valence electrons. The molecule has 0 bridgehead atoms. The van der Waals surface area contributed by atoms with Crippen LogP contribution in [0.3, 0.4) is 0 Å². The third-order valence-corrected chi connectivity index (χ3v) is 3.90. The zero-order valence-electron chi connectivity index (χ0n) is 12.2. The van der Waals surface area contributed by atoms with Gasteiger partial charge in [0.2, 0.25) is 0 Å². The van der Waals surface area contributed by atoms with E-state index < -0.39 is 0 Å². The van der Waals surface area contributed by atoms with E-state index in [0.29, 0.717) is 6.04 Å². The first-order valence-electron chi connectivity index (χ1n) is 6.95. The Hall–Kier alpha value is -1.10. The third-order valence-electron chi connectivity index (χ3n) is 3.90. The van der Waals surface area contributed by atoms with Gasteiger partial charge in [-0.15, -0.1) is 0 Å². The van der Waals surface area contributed by atoms with Crippen LogP contribution in [0.25, 0.3) is 0 Å². The maximum atomic E-state index is 5.21. The molecule has 1 unspecified atom stereocenters. The minimum absolute atomic E-state index is 0.384. The molecule has 0 saturated carbocycles. The van der Waals surface area contributed by atoms with Gasteiger partial charge in [-0.2, -0.15) is 0 Å². The lowest BCUT2D eigenvalue weighted by molar-refractivity contribution is 0.143. The summed E-state index contributed by atoms with van der Waals surface area (Å²) in [6.07, 6.45) is 0. The van der Waals surface area contributed by atoms with Crippen molar-refractivity contribution in [3.63, 3.8) is 0 Å². The van der Waals surface area contributed by atoms with E-state index in [1.807, 2.05) is 19.2 Å². The molecule has 1 aliphatic heterocycles. The van der Waals surface area contributed by atoms with Crippen molar-refractivity contribution in [3.8, 4) is 5.75 Å².